The minimum absolute atomic E-state index is 0.144. The van der Waals surface area contributed by atoms with E-state index in [4.69, 9.17) is 9.72 Å². The summed E-state index contributed by atoms with van der Waals surface area (Å²) in [5.74, 6) is -0.994. The van der Waals surface area contributed by atoms with Crippen LogP contribution in [0.4, 0.5) is 8.78 Å². The van der Waals surface area contributed by atoms with Gasteiger partial charge in [-0.1, -0.05) is 19.1 Å². The van der Waals surface area contributed by atoms with Gasteiger partial charge in [-0.05, 0) is 79.2 Å². The van der Waals surface area contributed by atoms with Crippen LogP contribution < -0.4 is 0 Å². The zero-order chi connectivity index (χ0) is 27.5. The van der Waals surface area contributed by atoms with Gasteiger partial charge in [0.15, 0.2) is 0 Å². The Morgan fingerprint density at radius 3 is 2.10 bits per heavy atom. The number of hydrogen-bond donors (Lipinski definition) is 1. The number of halogens is 2. The number of pyridine rings is 2. The average Bonchev–Trinajstić information content (AvgIpc) is 3.40. The lowest BCUT2D eigenvalue weighted by atomic mass is 9.90. The Kier molecular flexibility index (Phi) is 7.47. The van der Waals surface area contributed by atoms with Crippen molar-refractivity contribution in [1.82, 2.24) is 19.9 Å². The highest BCUT2D eigenvalue weighted by atomic mass is 19.1. The van der Waals surface area contributed by atoms with Gasteiger partial charge in [0, 0.05) is 40.8 Å². The molecule has 198 valence electrons. The number of ether oxygens (including phenoxy) is 1. The summed E-state index contributed by atoms with van der Waals surface area (Å²) in [7, 11) is 1.38. The summed E-state index contributed by atoms with van der Waals surface area (Å²) in [5.41, 5.74) is 7.04. The second kappa shape index (κ2) is 11.1. The molecule has 1 atom stereocenters. The van der Waals surface area contributed by atoms with E-state index in [0.717, 1.165) is 39.0 Å². The van der Waals surface area contributed by atoms with Crippen LogP contribution in [0.5, 0.6) is 0 Å². The van der Waals surface area contributed by atoms with E-state index < -0.39 is 0 Å². The van der Waals surface area contributed by atoms with E-state index in [1.54, 1.807) is 36.7 Å². The molecule has 3 heterocycles. The van der Waals surface area contributed by atoms with Gasteiger partial charge in [0.05, 0.1) is 30.4 Å². The van der Waals surface area contributed by atoms with Crippen LogP contribution in [-0.4, -0.2) is 46.0 Å². The van der Waals surface area contributed by atoms with Gasteiger partial charge >= 0.3 is 5.97 Å². The molecule has 0 aliphatic carbocycles. The highest BCUT2D eigenvalue weighted by molar-refractivity contribution is 6.05. The fourth-order valence-electron chi connectivity index (χ4n) is 4.86. The maximum absolute atomic E-state index is 14.0. The van der Waals surface area contributed by atoms with Crippen LogP contribution in [0.3, 0.4) is 0 Å². The number of benzene rings is 2. The van der Waals surface area contributed by atoms with Crippen molar-refractivity contribution in [1.29, 1.82) is 0 Å². The Hall–Kier alpha value is -4.43. The Morgan fingerprint density at radius 1 is 0.923 bits per heavy atom. The summed E-state index contributed by atoms with van der Waals surface area (Å²) < 4.78 is 32.7. The molecular formula is C31H28F2N4O2. The van der Waals surface area contributed by atoms with Crippen LogP contribution in [0.2, 0.25) is 0 Å². The highest BCUT2D eigenvalue weighted by Crippen LogP contribution is 2.43. The number of rotatable bonds is 8. The highest BCUT2D eigenvalue weighted by Gasteiger charge is 2.24. The van der Waals surface area contributed by atoms with Gasteiger partial charge in [-0.2, -0.15) is 0 Å². The number of nitrogens with one attached hydrogen (secondary N) is 1. The molecule has 0 fully saturated rings. The van der Waals surface area contributed by atoms with Gasteiger partial charge in [0.2, 0.25) is 0 Å². The van der Waals surface area contributed by atoms with Gasteiger partial charge in [-0.15, -0.1) is 0 Å². The molecule has 0 aliphatic heterocycles. The molecule has 0 amide bonds. The summed E-state index contributed by atoms with van der Waals surface area (Å²) in [4.78, 5) is 26.8. The second-order valence-electron chi connectivity index (χ2n) is 9.26. The molecule has 0 radical (unpaired) electrons. The molecule has 0 aliphatic rings. The molecule has 5 aromatic rings. The molecule has 39 heavy (non-hydrogen) atoms. The van der Waals surface area contributed by atoms with E-state index >= 15 is 0 Å². The predicted molar refractivity (Wildman–Crippen MR) is 148 cm³/mol. The first-order chi connectivity index (χ1) is 18.9. The molecule has 0 spiro atoms. The van der Waals surface area contributed by atoms with Crippen molar-refractivity contribution < 1.29 is 18.3 Å². The molecule has 1 N–H and O–H groups in total. The van der Waals surface area contributed by atoms with Crippen LogP contribution in [0, 0.1) is 11.6 Å². The molecule has 0 saturated heterocycles. The molecule has 2 aromatic carbocycles. The monoisotopic (exact) mass is 526 g/mol. The average molecular weight is 527 g/mol. The first-order valence-corrected chi connectivity index (χ1v) is 12.7. The summed E-state index contributed by atoms with van der Waals surface area (Å²) in [5, 5.41) is 0. The molecule has 0 bridgehead atoms. The first kappa shape index (κ1) is 26.2. The number of H-pyrrole nitrogens is 1. The third kappa shape index (κ3) is 5.28. The number of nitrogens with zero attached hydrogens (tertiary/aromatic N) is 3. The zero-order valence-corrected chi connectivity index (χ0v) is 21.9. The van der Waals surface area contributed by atoms with Crippen molar-refractivity contribution in [2.75, 3.05) is 20.2 Å². The third-order valence-corrected chi connectivity index (χ3v) is 6.97. The molecule has 6 nitrogen and oxygen atoms in total. The minimum atomic E-state index is -0.341. The van der Waals surface area contributed by atoms with Crippen LogP contribution in [0.25, 0.3) is 44.5 Å². The first-order valence-electron chi connectivity index (χ1n) is 12.7. The number of likely N-dealkylation sites (N-methyl/N-ethyl adjacent to an activating group) is 1. The molecule has 3 aromatic heterocycles. The Morgan fingerprint density at radius 2 is 1.51 bits per heavy atom. The number of aromatic amines is 1. The fraction of sp³-hybridized carbons (Fsp3) is 0.194. The second-order valence-corrected chi connectivity index (χ2v) is 9.26. The summed E-state index contributed by atoms with van der Waals surface area (Å²) in [6, 6.07) is 18.2. The van der Waals surface area contributed by atoms with E-state index in [1.807, 2.05) is 36.9 Å². The Labute approximate surface area is 225 Å². The van der Waals surface area contributed by atoms with E-state index in [0.29, 0.717) is 17.8 Å². The largest absolute Gasteiger partial charge is 0.468 e. The normalized spacial score (nSPS) is 12.2. The molecule has 0 saturated carbocycles. The van der Waals surface area contributed by atoms with Gasteiger partial charge in [-0.3, -0.25) is 14.7 Å². The Balaban J connectivity index is 1.81. The van der Waals surface area contributed by atoms with Crippen molar-refractivity contribution in [3.63, 3.8) is 0 Å². The molecule has 1 unspecified atom stereocenters. The Bertz CT molecular complexity index is 1600. The van der Waals surface area contributed by atoms with E-state index in [1.165, 1.54) is 31.4 Å². The standard InChI is InChI=1S/C31H28F2N4O2/c1-4-37(18-27(38)39-3)19(2)25-17-26-31(35-25)29(20-5-9-23(32)10-6-20)28(21-13-15-34-16-14-21)30(36-26)22-7-11-24(33)12-8-22/h5-17,19,35H,4,18H2,1-3H3. The van der Waals surface area contributed by atoms with E-state index in [-0.39, 0.29) is 30.2 Å². The van der Waals surface area contributed by atoms with Crippen LogP contribution in [0.1, 0.15) is 25.6 Å². The van der Waals surface area contributed by atoms with E-state index in [9.17, 15) is 13.6 Å². The van der Waals surface area contributed by atoms with Gasteiger partial charge < -0.3 is 9.72 Å². The number of fused-ring (bicyclic) bond motifs is 1. The maximum Gasteiger partial charge on any atom is 0.319 e. The van der Waals surface area contributed by atoms with Crippen molar-refractivity contribution in [3.8, 4) is 33.5 Å². The fourth-order valence-corrected chi connectivity index (χ4v) is 4.86. The quantitative estimate of drug-likeness (QED) is 0.225. The van der Waals surface area contributed by atoms with Crippen molar-refractivity contribution >= 4 is 17.0 Å². The van der Waals surface area contributed by atoms with Gasteiger partial charge in [-0.25, -0.2) is 13.8 Å². The lowest BCUT2D eigenvalue weighted by Crippen LogP contribution is -2.33. The predicted octanol–water partition coefficient (Wildman–Crippen LogP) is 6.79. The van der Waals surface area contributed by atoms with Crippen molar-refractivity contribution in [3.05, 3.63) is 96.5 Å². The molecule has 8 heteroatoms. The lowest BCUT2D eigenvalue weighted by molar-refractivity contribution is -0.142. The van der Waals surface area contributed by atoms with Gasteiger partial charge in [0.25, 0.3) is 0 Å². The smallest absolute Gasteiger partial charge is 0.319 e. The molecular weight excluding hydrogens is 498 g/mol. The summed E-state index contributed by atoms with van der Waals surface area (Å²) >= 11 is 0. The van der Waals surface area contributed by atoms with Gasteiger partial charge in [0.1, 0.15) is 11.6 Å². The number of hydrogen-bond acceptors (Lipinski definition) is 5. The lowest BCUT2D eigenvalue weighted by Gasteiger charge is -2.25. The van der Waals surface area contributed by atoms with Crippen molar-refractivity contribution in [2.24, 2.45) is 0 Å². The third-order valence-electron chi connectivity index (χ3n) is 6.97. The van der Waals surface area contributed by atoms with E-state index in [2.05, 4.69) is 9.97 Å². The van der Waals surface area contributed by atoms with Crippen LogP contribution >= 0.6 is 0 Å². The number of aromatic nitrogens is 3. The van der Waals surface area contributed by atoms with Crippen LogP contribution in [-0.2, 0) is 9.53 Å². The summed E-state index contributed by atoms with van der Waals surface area (Å²) in [6.45, 7) is 4.77. The zero-order valence-electron chi connectivity index (χ0n) is 21.9. The molecule has 5 rings (SSSR count). The van der Waals surface area contributed by atoms with Crippen LogP contribution in [0.15, 0.2) is 79.1 Å². The maximum atomic E-state index is 14.0. The number of esters is 1. The summed E-state index contributed by atoms with van der Waals surface area (Å²) in [6.07, 6.45) is 3.41. The number of carbonyl (C=O) groups is 1. The van der Waals surface area contributed by atoms with Crippen molar-refractivity contribution in [2.45, 2.75) is 19.9 Å². The number of carbonyl (C=O) groups excluding carboxylic acids is 1. The topological polar surface area (TPSA) is 71.1 Å². The number of methoxy groups -OCH3 is 1. The SMILES string of the molecule is CCN(CC(=O)OC)C(C)c1cc2nc(-c3ccc(F)cc3)c(-c3ccncc3)c(-c3ccc(F)cc3)c2[nH]1. The minimum Gasteiger partial charge on any atom is -0.468 e.